The largest absolute Gasteiger partial charge is 0.396 e. The molecule has 0 aromatic carbocycles. The lowest BCUT2D eigenvalue weighted by atomic mass is 10.1. The Morgan fingerprint density at radius 2 is 2.50 bits per heavy atom. The highest BCUT2D eigenvalue weighted by molar-refractivity contribution is 7.99. The highest BCUT2D eigenvalue weighted by atomic mass is 32.2. The molecule has 1 aliphatic rings. The summed E-state index contributed by atoms with van der Waals surface area (Å²) in [5.74, 6) is 2.50. The molecule has 1 unspecified atom stereocenters. The van der Waals surface area contributed by atoms with Gasteiger partial charge in [0.1, 0.15) is 0 Å². The van der Waals surface area contributed by atoms with Crippen molar-refractivity contribution in [3.63, 3.8) is 0 Å². The van der Waals surface area contributed by atoms with E-state index in [0.29, 0.717) is 6.04 Å². The first kappa shape index (κ1) is 12.0. The van der Waals surface area contributed by atoms with Crippen molar-refractivity contribution in [2.45, 2.75) is 38.6 Å². The Morgan fingerprint density at radius 1 is 1.62 bits per heavy atom. The number of rotatable bonds is 4. The van der Waals surface area contributed by atoms with Crippen LogP contribution in [0.1, 0.15) is 36.6 Å². The normalized spacial score (nSPS) is 21.2. The quantitative estimate of drug-likeness (QED) is 0.876. The zero-order valence-corrected chi connectivity index (χ0v) is 10.7. The average molecular weight is 240 g/mol. The first-order valence-corrected chi connectivity index (χ1v) is 7.20. The molecule has 0 amide bonds. The predicted molar refractivity (Wildman–Crippen MR) is 68.0 cm³/mol. The van der Waals surface area contributed by atoms with Crippen LogP contribution in [-0.2, 0) is 6.42 Å². The summed E-state index contributed by atoms with van der Waals surface area (Å²) in [7, 11) is 0. The van der Waals surface area contributed by atoms with E-state index in [-0.39, 0.29) is 6.61 Å². The van der Waals surface area contributed by atoms with Crippen LogP contribution in [0.4, 0.5) is 0 Å². The first-order valence-electron chi connectivity index (χ1n) is 6.04. The van der Waals surface area contributed by atoms with Gasteiger partial charge in [0.25, 0.3) is 0 Å². The first-order chi connectivity index (χ1) is 7.83. The van der Waals surface area contributed by atoms with Gasteiger partial charge in [-0.05, 0) is 43.9 Å². The van der Waals surface area contributed by atoms with Gasteiger partial charge in [0.05, 0.1) is 12.2 Å². The fourth-order valence-electron chi connectivity index (χ4n) is 2.26. The SMILES string of the molecule is Cc1c(CCCO)cnn1C1CCCSC1. The van der Waals surface area contributed by atoms with Gasteiger partial charge in [0.15, 0.2) is 0 Å². The van der Waals surface area contributed by atoms with Gasteiger partial charge >= 0.3 is 0 Å². The maximum Gasteiger partial charge on any atom is 0.0613 e. The third-order valence-corrected chi connectivity index (χ3v) is 4.43. The third kappa shape index (κ3) is 2.61. The van der Waals surface area contributed by atoms with Crippen LogP contribution in [0.5, 0.6) is 0 Å². The molecule has 3 nitrogen and oxygen atoms in total. The van der Waals surface area contributed by atoms with E-state index in [1.54, 1.807) is 0 Å². The van der Waals surface area contributed by atoms with Gasteiger partial charge in [-0.15, -0.1) is 0 Å². The topological polar surface area (TPSA) is 38.1 Å². The molecule has 16 heavy (non-hydrogen) atoms. The Hall–Kier alpha value is -0.480. The number of nitrogens with zero attached hydrogens (tertiary/aromatic N) is 2. The van der Waals surface area contributed by atoms with Crippen molar-refractivity contribution < 1.29 is 5.11 Å². The number of aryl methyl sites for hydroxylation is 1. The van der Waals surface area contributed by atoms with E-state index in [4.69, 9.17) is 5.11 Å². The maximum atomic E-state index is 8.84. The molecule has 0 saturated carbocycles. The van der Waals surface area contributed by atoms with E-state index in [9.17, 15) is 0 Å². The average Bonchev–Trinajstić information content (AvgIpc) is 2.69. The molecular weight excluding hydrogens is 220 g/mol. The third-order valence-electron chi connectivity index (χ3n) is 3.23. The summed E-state index contributed by atoms with van der Waals surface area (Å²) in [6, 6.07) is 0.585. The van der Waals surface area contributed by atoms with Gasteiger partial charge in [0, 0.05) is 18.1 Å². The summed E-state index contributed by atoms with van der Waals surface area (Å²) in [6.45, 7) is 2.42. The second-order valence-corrected chi connectivity index (χ2v) is 5.55. The Kier molecular flexibility index (Phi) is 4.29. The summed E-state index contributed by atoms with van der Waals surface area (Å²) in [5, 5.41) is 13.4. The van der Waals surface area contributed by atoms with Crippen molar-refractivity contribution in [2.24, 2.45) is 0 Å². The molecule has 0 aliphatic carbocycles. The molecule has 1 aliphatic heterocycles. The lowest BCUT2D eigenvalue weighted by Gasteiger charge is -2.23. The summed E-state index contributed by atoms with van der Waals surface area (Å²) in [6.07, 6.45) is 6.33. The fourth-order valence-corrected chi connectivity index (χ4v) is 3.38. The van der Waals surface area contributed by atoms with E-state index < -0.39 is 0 Å². The van der Waals surface area contributed by atoms with E-state index in [0.717, 1.165) is 12.8 Å². The zero-order chi connectivity index (χ0) is 11.4. The number of hydrogen-bond acceptors (Lipinski definition) is 3. The molecule has 0 radical (unpaired) electrons. The van der Waals surface area contributed by atoms with Crippen molar-refractivity contribution in [2.75, 3.05) is 18.1 Å². The minimum absolute atomic E-state index is 0.268. The lowest BCUT2D eigenvalue weighted by molar-refractivity contribution is 0.288. The summed E-state index contributed by atoms with van der Waals surface area (Å²) in [5.41, 5.74) is 2.59. The van der Waals surface area contributed by atoms with Gasteiger partial charge in [-0.3, -0.25) is 4.68 Å². The van der Waals surface area contributed by atoms with Crippen LogP contribution in [0, 0.1) is 6.92 Å². The van der Waals surface area contributed by atoms with Crippen LogP contribution in [0.2, 0.25) is 0 Å². The molecule has 1 N–H and O–H groups in total. The Labute approximate surface area is 101 Å². The molecule has 1 atom stereocenters. The molecule has 0 spiro atoms. The standard InChI is InChI=1S/C12H20N2OS/c1-10-11(4-2-6-15)8-13-14(10)12-5-3-7-16-9-12/h8,12,15H,2-7,9H2,1H3. The Morgan fingerprint density at radius 3 is 3.19 bits per heavy atom. The van der Waals surface area contributed by atoms with Crippen LogP contribution in [0.15, 0.2) is 6.20 Å². The van der Waals surface area contributed by atoms with E-state index in [1.807, 2.05) is 18.0 Å². The van der Waals surface area contributed by atoms with Gasteiger partial charge in [-0.2, -0.15) is 16.9 Å². The molecule has 90 valence electrons. The molecule has 2 heterocycles. The maximum absolute atomic E-state index is 8.84. The van der Waals surface area contributed by atoms with Crippen molar-refractivity contribution in [3.8, 4) is 0 Å². The molecule has 1 fully saturated rings. The summed E-state index contributed by atoms with van der Waals surface area (Å²) in [4.78, 5) is 0. The monoisotopic (exact) mass is 240 g/mol. The van der Waals surface area contributed by atoms with Crippen molar-refractivity contribution >= 4 is 11.8 Å². The molecule has 2 rings (SSSR count). The Balaban J connectivity index is 2.06. The summed E-state index contributed by atoms with van der Waals surface area (Å²) < 4.78 is 2.19. The number of thioether (sulfide) groups is 1. The fraction of sp³-hybridized carbons (Fsp3) is 0.750. The van der Waals surface area contributed by atoms with Crippen LogP contribution >= 0.6 is 11.8 Å². The van der Waals surface area contributed by atoms with Crippen LogP contribution in [-0.4, -0.2) is 33.0 Å². The number of aliphatic hydroxyl groups excluding tert-OH is 1. The van der Waals surface area contributed by atoms with Crippen molar-refractivity contribution in [1.29, 1.82) is 0 Å². The van der Waals surface area contributed by atoms with Gasteiger partial charge in [0.2, 0.25) is 0 Å². The van der Waals surface area contributed by atoms with E-state index in [2.05, 4.69) is 16.7 Å². The van der Waals surface area contributed by atoms with Gasteiger partial charge < -0.3 is 5.11 Å². The molecular formula is C12H20N2OS. The van der Waals surface area contributed by atoms with Crippen molar-refractivity contribution in [3.05, 3.63) is 17.5 Å². The zero-order valence-electron chi connectivity index (χ0n) is 9.85. The predicted octanol–water partition coefficient (Wildman–Crippen LogP) is 2.18. The molecule has 4 heteroatoms. The minimum atomic E-state index is 0.268. The van der Waals surface area contributed by atoms with Crippen LogP contribution < -0.4 is 0 Å². The molecule has 1 aromatic heterocycles. The van der Waals surface area contributed by atoms with Crippen LogP contribution in [0.25, 0.3) is 0 Å². The van der Waals surface area contributed by atoms with E-state index >= 15 is 0 Å². The number of aliphatic hydroxyl groups is 1. The number of aromatic nitrogens is 2. The number of hydrogen-bond donors (Lipinski definition) is 1. The highest BCUT2D eigenvalue weighted by Gasteiger charge is 2.18. The van der Waals surface area contributed by atoms with E-state index in [1.165, 1.54) is 35.6 Å². The second-order valence-electron chi connectivity index (χ2n) is 4.40. The lowest BCUT2D eigenvalue weighted by Crippen LogP contribution is -2.18. The second kappa shape index (κ2) is 5.73. The van der Waals surface area contributed by atoms with Crippen molar-refractivity contribution in [1.82, 2.24) is 9.78 Å². The van der Waals surface area contributed by atoms with Gasteiger partial charge in [-0.1, -0.05) is 0 Å². The molecule has 0 bridgehead atoms. The molecule has 1 saturated heterocycles. The van der Waals surface area contributed by atoms with Crippen LogP contribution in [0.3, 0.4) is 0 Å². The smallest absolute Gasteiger partial charge is 0.0613 e. The summed E-state index contributed by atoms with van der Waals surface area (Å²) >= 11 is 2.03. The molecule has 1 aromatic rings. The Bertz CT molecular complexity index is 332. The highest BCUT2D eigenvalue weighted by Crippen LogP contribution is 2.28. The van der Waals surface area contributed by atoms with Gasteiger partial charge in [-0.25, -0.2) is 0 Å². The minimum Gasteiger partial charge on any atom is -0.396 e.